The molecule has 3 N–H and O–H groups in total. The number of phosphoric acid groups is 1. The summed E-state index contributed by atoms with van der Waals surface area (Å²) in [5.41, 5.74) is 5.53. The van der Waals surface area contributed by atoms with Crippen molar-refractivity contribution in [2.75, 3.05) is 12.3 Å². The van der Waals surface area contributed by atoms with Crippen molar-refractivity contribution in [3.8, 4) is 6.01 Å². The van der Waals surface area contributed by atoms with E-state index in [2.05, 4.69) is 9.97 Å². The highest BCUT2D eigenvalue weighted by Crippen LogP contribution is 2.72. The third-order valence-corrected chi connectivity index (χ3v) is 5.95. The fourth-order valence-corrected chi connectivity index (χ4v) is 5.03. The maximum absolute atomic E-state index is 12.4. The molecule has 2 atom stereocenters. The number of hydrogen-bond donors (Lipinski definition) is 2. The Labute approximate surface area is 139 Å². The first-order valence-electron chi connectivity index (χ1n) is 7.65. The summed E-state index contributed by atoms with van der Waals surface area (Å²) in [5, 5.41) is 9.43. The van der Waals surface area contributed by atoms with Crippen molar-refractivity contribution in [2.24, 2.45) is 0 Å². The number of aromatic nitrogens is 4. The van der Waals surface area contributed by atoms with E-state index in [1.54, 1.807) is 4.57 Å². The Bertz CT molecular complexity index is 1010. The molecule has 2 saturated heterocycles. The average Bonchev–Trinajstić information content (AvgIpc) is 3.02. The number of phosphoric ester groups is 1. The van der Waals surface area contributed by atoms with Gasteiger partial charge in [-0.15, -0.1) is 0 Å². The summed E-state index contributed by atoms with van der Waals surface area (Å²) in [6, 6.07) is -0.145. The first kappa shape index (κ1) is 15.3. The van der Waals surface area contributed by atoms with Crippen LogP contribution in [-0.4, -0.2) is 42.7 Å². The fourth-order valence-electron chi connectivity index (χ4n) is 3.52. The minimum Gasteiger partial charge on any atom is -0.394 e. The molecular formula is C12H14N5O7P. The van der Waals surface area contributed by atoms with Crippen LogP contribution in [0, 0.1) is 0 Å². The van der Waals surface area contributed by atoms with Crippen molar-refractivity contribution < 1.29 is 28.0 Å². The molecule has 6 rings (SSSR count). The van der Waals surface area contributed by atoms with Gasteiger partial charge in [0.2, 0.25) is 11.7 Å². The Kier molecular flexibility index (Phi) is 2.81. The molecule has 12 nitrogen and oxygen atoms in total. The molecular weight excluding hydrogens is 357 g/mol. The molecule has 4 aliphatic heterocycles. The minimum atomic E-state index is -3.85. The zero-order chi connectivity index (χ0) is 17.6. The van der Waals surface area contributed by atoms with Crippen LogP contribution in [-0.2, 0) is 24.9 Å². The first-order chi connectivity index (χ1) is 11.9. The van der Waals surface area contributed by atoms with E-state index in [0.29, 0.717) is 12.2 Å². The summed E-state index contributed by atoms with van der Waals surface area (Å²) in [7, 11) is -3.85. The van der Waals surface area contributed by atoms with E-state index in [1.165, 1.54) is 4.57 Å². The van der Waals surface area contributed by atoms with E-state index >= 15 is 0 Å². The minimum absolute atomic E-state index is 0.00137. The van der Waals surface area contributed by atoms with Crippen LogP contribution >= 0.6 is 7.82 Å². The van der Waals surface area contributed by atoms with Crippen LogP contribution in [0.2, 0.25) is 0 Å². The molecule has 0 aromatic carbocycles. The van der Waals surface area contributed by atoms with Crippen LogP contribution in [0.5, 0.6) is 6.01 Å². The Morgan fingerprint density at radius 2 is 2.20 bits per heavy atom. The van der Waals surface area contributed by atoms with Crippen molar-refractivity contribution in [3.05, 3.63) is 10.4 Å². The summed E-state index contributed by atoms with van der Waals surface area (Å²) in [5.74, 6) is -1.38. The number of rotatable bonds is 2. The molecule has 4 aliphatic rings. The van der Waals surface area contributed by atoms with Gasteiger partial charge in [0.1, 0.15) is 0 Å². The number of anilines is 1. The number of hydrogen-bond acceptors (Lipinski definition) is 10. The van der Waals surface area contributed by atoms with Gasteiger partial charge in [-0.05, 0) is 6.92 Å². The fraction of sp³-hybridized carbons (Fsp3) is 0.583. The van der Waals surface area contributed by atoms with Gasteiger partial charge in [0, 0.05) is 13.0 Å². The Balaban J connectivity index is 1.84. The number of aliphatic hydroxyl groups excluding tert-OH is 1. The Hall–Kier alpha value is -1.98. The maximum Gasteiger partial charge on any atom is 0.537 e. The Morgan fingerprint density at radius 3 is 2.88 bits per heavy atom. The molecule has 2 fully saturated rings. The molecule has 25 heavy (non-hydrogen) atoms. The molecule has 2 aromatic heterocycles. The normalized spacial score (nSPS) is 35.6. The number of ether oxygens (including phenoxy) is 1. The predicted octanol–water partition coefficient (Wildman–Crippen LogP) is -0.282. The van der Waals surface area contributed by atoms with Crippen LogP contribution in [0.15, 0.2) is 4.79 Å². The molecule has 2 aromatic rings. The molecule has 0 aliphatic carbocycles. The van der Waals surface area contributed by atoms with Gasteiger partial charge in [0.15, 0.2) is 17.4 Å². The molecule has 6 heterocycles. The van der Waals surface area contributed by atoms with Gasteiger partial charge >= 0.3 is 19.4 Å². The zero-order valence-corrected chi connectivity index (χ0v) is 13.9. The lowest BCUT2D eigenvalue weighted by Crippen LogP contribution is -2.46. The zero-order valence-electron chi connectivity index (χ0n) is 13.0. The number of aryl methyl sites for hydroxylation is 1. The van der Waals surface area contributed by atoms with Crippen molar-refractivity contribution in [2.45, 2.75) is 38.0 Å². The van der Waals surface area contributed by atoms with Crippen molar-refractivity contribution in [1.82, 2.24) is 19.1 Å². The highest BCUT2D eigenvalue weighted by atomic mass is 31.2. The second-order valence-electron chi connectivity index (χ2n) is 5.99. The van der Waals surface area contributed by atoms with E-state index < -0.39 is 31.5 Å². The highest BCUT2D eigenvalue weighted by molar-refractivity contribution is 7.50. The largest absolute Gasteiger partial charge is 0.537 e. The smallest absolute Gasteiger partial charge is 0.394 e. The van der Waals surface area contributed by atoms with Gasteiger partial charge in [-0.1, -0.05) is 0 Å². The second kappa shape index (κ2) is 4.59. The van der Waals surface area contributed by atoms with Crippen LogP contribution in [0.3, 0.4) is 0 Å². The number of nitrogen functional groups attached to an aromatic ring is 1. The molecule has 2 bridgehead atoms. The lowest BCUT2D eigenvalue weighted by atomic mass is 10.1. The lowest BCUT2D eigenvalue weighted by Gasteiger charge is -2.40. The summed E-state index contributed by atoms with van der Waals surface area (Å²) >= 11 is 0. The third-order valence-electron chi connectivity index (χ3n) is 4.49. The molecule has 1 spiro atoms. The van der Waals surface area contributed by atoms with Gasteiger partial charge < -0.3 is 20.1 Å². The van der Waals surface area contributed by atoms with Crippen LogP contribution in [0.25, 0.3) is 11.2 Å². The molecule has 13 heteroatoms. The number of aliphatic hydroxyl groups is 1. The maximum atomic E-state index is 12.4. The van der Waals surface area contributed by atoms with Crippen LogP contribution < -0.4 is 15.8 Å². The third kappa shape index (κ3) is 1.80. The van der Waals surface area contributed by atoms with Crippen molar-refractivity contribution >= 4 is 24.9 Å². The molecule has 0 amide bonds. The first-order valence-corrected chi connectivity index (χ1v) is 9.11. The van der Waals surface area contributed by atoms with E-state index in [0.717, 1.165) is 0 Å². The lowest BCUT2D eigenvalue weighted by molar-refractivity contribution is -0.249. The number of fused-ring (bicyclic) bond motifs is 1. The standard InChI is InChI=1S/C12H14N5O7P/c1-2-16-8-6(7(19)15-10(16)13)14-11-17(8)9-12(3-5(4-18)21-9)23-25(20,22-11)24-12/h5,9,18H,2-4H2,1H3,(H2,13,15,19)/t5-,9+,12?,25?/m0/s1. The summed E-state index contributed by atoms with van der Waals surface area (Å²) in [6.07, 6.45) is -1.39. The quantitative estimate of drug-likeness (QED) is 0.674. The van der Waals surface area contributed by atoms with Crippen LogP contribution in [0.1, 0.15) is 19.6 Å². The summed E-state index contributed by atoms with van der Waals surface area (Å²) in [4.78, 5) is 20.1. The monoisotopic (exact) mass is 371 g/mol. The predicted molar refractivity (Wildman–Crippen MR) is 80.6 cm³/mol. The topological polar surface area (TPSA) is 153 Å². The van der Waals surface area contributed by atoms with Gasteiger partial charge in [0.05, 0.1) is 12.7 Å². The van der Waals surface area contributed by atoms with Gasteiger partial charge in [-0.3, -0.25) is 9.36 Å². The van der Waals surface area contributed by atoms with Gasteiger partial charge in [-0.2, -0.15) is 9.97 Å². The number of nitrogens with zero attached hydrogens (tertiary/aromatic N) is 4. The number of imidazole rings is 1. The van der Waals surface area contributed by atoms with Gasteiger partial charge in [-0.25, -0.2) is 18.2 Å². The number of nitrogens with two attached hydrogens (primary N) is 1. The highest BCUT2D eigenvalue weighted by Gasteiger charge is 2.71. The average molecular weight is 371 g/mol. The van der Waals surface area contributed by atoms with Crippen LogP contribution in [0.4, 0.5) is 5.95 Å². The van der Waals surface area contributed by atoms with Crippen molar-refractivity contribution in [3.63, 3.8) is 0 Å². The van der Waals surface area contributed by atoms with E-state index in [4.69, 9.17) is 24.0 Å². The Morgan fingerprint density at radius 1 is 1.44 bits per heavy atom. The van der Waals surface area contributed by atoms with E-state index in [1.807, 2.05) is 6.92 Å². The van der Waals surface area contributed by atoms with E-state index in [-0.39, 0.29) is 30.5 Å². The van der Waals surface area contributed by atoms with E-state index in [9.17, 15) is 14.5 Å². The molecule has 134 valence electrons. The summed E-state index contributed by atoms with van der Waals surface area (Å²) < 4.78 is 37.4. The van der Waals surface area contributed by atoms with Crippen molar-refractivity contribution in [1.29, 1.82) is 0 Å². The summed E-state index contributed by atoms with van der Waals surface area (Å²) in [6.45, 7) is 1.93. The SMILES string of the molecule is CCn1c(N)nc(=O)c2nc3n(c21)[C@@H]1O[C@H](CO)CC12OP(=O)(O3)O2. The van der Waals surface area contributed by atoms with Gasteiger partial charge in [0.25, 0.3) is 0 Å². The molecule has 0 saturated carbocycles. The molecule has 0 radical (unpaired) electrons. The molecule has 0 unspecified atom stereocenters. The second-order valence-corrected chi connectivity index (χ2v) is 7.43.